The Labute approximate surface area is 114 Å². The minimum Gasteiger partial charge on any atom is -0.480 e. The number of carboxylic acid groups (broad SMARTS) is 1. The van der Waals surface area contributed by atoms with Crippen LogP contribution < -0.4 is 0 Å². The summed E-state index contributed by atoms with van der Waals surface area (Å²) < 4.78 is 22.9. The molecule has 9 heteroatoms. The molecule has 0 heterocycles. The lowest BCUT2D eigenvalue weighted by Crippen LogP contribution is -2.28. The molecular weight excluding hydrogens is 298 g/mol. The Morgan fingerprint density at radius 1 is 1.58 bits per heavy atom. The van der Waals surface area contributed by atoms with Crippen LogP contribution in [0.2, 0.25) is 0 Å². The van der Waals surface area contributed by atoms with Crippen molar-refractivity contribution in [3.05, 3.63) is 34.0 Å². The fourth-order valence-corrected chi connectivity index (χ4v) is 3.25. The first-order chi connectivity index (χ1) is 8.64. The number of aliphatic carboxylic acids is 1. The second-order valence-electron chi connectivity index (χ2n) is 4.22. The molecule has 0 aliphatic heterocycles. The molecule has 0 radical (unpaired) electrons. The standard InChI is InChI=1S/C10H12ClNO6S/c11-10(3-1-2-8(6-10)12(15)16)4-5-19(17,18)7-9(13)14/h1-3H,4-7H2,(H,13,14). The third-order valence-electron chi connectivity index (χ3n) is 2.57. The van der Waals surface area contributed by atoms with Gasteiger partial charge in [0.15, 0.2) is 9.84 Å². The quantitative estimate of drug-likeness (QED) is 0.444. The van der Waals surface area contributed by atoms with Crippen molar-refractivity contribution < 1.29 is 23.2 Å². The first-order valence-corrected chi connectivity index (χ1v) is 7.47. The maximum absolute atomic E-state index is 11.4. The van der Waals surface area contributed by atoms with E-state index < -0.39 is 37.1 Å². The molecule has 1 unspecified atom stereocenters. The normalized spacial score (nSPS) is 22.9. The van der Waals surface area contributed by atoms with Gasteiger partial charge in [0.05, 0.1) is 22.0 Å². The van der Waals surface area contributed by atoms with Crippen LogP contribution in [0.15, 0.2) is 23.9 Å². The number of nitro groups is 1. The monoisotopic (exact) mass is 309 g/mol. The van der Waals surface area contributed by atoms with Gasteiger partial charge in [-0.1, -0.05) is 12.2 Å². The van der Waals surface area contributed by atoms with E-state index in [2.05, 4.69) is 0 Å². The topological polar surface area (TPSA) is 115 Å². The highest BCUT2D eigenvalue weighted by molar-refractivity contribution is 7.92. The number of hydrogen-bond acceptors (Lipinski definition) is 5. The van der Waals surface area contributed by atoms with E-state index in [1.807, 2.05) is 0 Å². The Bertz CT molecular complexity index is 552. The molecule has 1 aliphatic carbocycles. The van der Waals surface area contributed by atoms with Crippen LogP contribution in [0.3, 0.4) is 0 Å². The summed E-state index contributed by atoms with van der Waals surface area (Å²) in [5, 5.41) is 19.1. The summed E-state index contributed by atoms with van der Waals surface area (Å²) in [5.74, 6) is -2.84. The Morgan fingerprint density at radius 3 is 2.74 bits per heavy atom. The van der Waals surface area contributed by atoms with E-state index in [1.54, 1.807) is 0 Å². The molecule has 0 aromatic carbocycles. The third kappa shape index (κ3) is 4.99. The van der Waals surface area contributed by atoms with E-state index in [0.717, 1.165) is 0 Å². The van der Waals surface area contributed by atoms with Crippen molar-refractivity contribution in [1.29, 1.82) is 0 Å². The molecule has 0 amide bonds. The van der Waals surface area contributed by atoms with Crippen LogP contribution in [0, 0.1) is 10.1 Å². The van der Waals surface area contributed by atoms with E-state index in [1.165, 1.54) is 18.2 Å². The number of nitrogens with zero attached hydrogens (tertiary/aromatic N) is 1. The molecule has 1 aliphatic rings. The second kappa shape index (κ2) is 5.70. The minimum absolute atomic E-state index is 0.0775. The van der Waals surface area contributed by atoms with E-state index in [4.69, 9.17) is 16.7 Å². The number of carboxylic acids is 1. The molecule has 0 aromatic rings. The smallest absolute Gasteiger partial charge is 0.318 e. The molecule has 0 fully saturated rings. The van der Waals surface area contributed by atoms with E-state index in [-0.39, 0.29) is 18.5 Å². The molecule has 1 atom stereocenters. The number of halogens is 1. The van der Waals surface area contributed by atoms with E-state index in [0.29, 0.717) is 0 Å². The van der Waals surface area contributed by atoms with Crippen LogP contribution in [0.25, 0.3) is 0 Å². The minimum atomic E-state index is -3.76. The number of rotatable bonds is 6. The summed E-state index contributed by atoms with van der Waals surface area (Å²) in [7, 11) is -3.76. The van der Waals surface area contributed by atoms with Gasteiger partial charge < -0.3 is 5.11 Å². The number of alkyl halides is 1. The molecule has 0 bridgehead atoms. The summed E-state index contributed by atoms with van der Waals surface area (Å²) >= 11 is 6.11. The van der Waals surface area contributed by atoms with Crippen molar-refractivity contribution in [3.8, 4) is 0 Å². The van der Waals surface area contributed by atoms with Crippen LogP contribution in [0.5, 0.6) is 0 Å². The summed E-state index contributed by atoms with van der Waals surface area (Å²) in [5.41, 5.74) is -0.104. The van der Waals surface area contributed by atoms with Crippen molar-refractivity contribution in [3.63, 3.8) is 0 Å². The van der Waals surface area contributed by atoms with Gasteiger partial charge in [-0.05, 0) is 6.42 Å². The highest BCUT2D eigenvalue weighted by Crippen LogP contribution is 2.33. The van der Waals surface area contributed by atoms with Gasteiger partial charge in [0.2, 0.25) is 5.70 Å². The Kier molecular flexibility index (Phi) is 4.70. The van der Waals surface area contributed by atoms with Crippen molar-refractivity contribution in [2.45, 2.75) is 17.7 Å². The average Bonchev–Trinajstić information content (AvgIpc) is 2.25. The maximum atomic E-state index is 11.4. The molecule has 0 saturated heterocycles. The maximum Gasteiger partial charge on any atom is 0.318 e. The predicted molar refractivity (Wildman–Crippen MR) is 68.3 cm³/mol. The van der Waals surface area contributed by atoms with Gasteiger partial charge in [-0.3, -0.25) is 14.9 Å². The number of allylic oxidation sites excluding steroid dienone is 4. The van der Waals surface area contributed by atoms with Gasteiger partial charge in [-0.2, -0.15) is 0 Å². The van der Waals surface area contributed by atoms with Gasteiger partial charge in [0.1, 0.15) is 5.75 Å². The van der Waals surface area contributed by atoms with Gasteiger partial charge in [-0.15, -0.1) is 11.6 Å². The van der Waals surface area contributed by atoms with E-state index in [9.17, 15) is 23.3 Å². The second-order valence-corrected chi connectivity index (χ2v) is 7.16. The molecule has 0 aromatic heterocycles. The van der Waals surface area contributed by atoms with Crippen molar-refractivity contribution in [1.82, 2.24) is 0 Å². The average molecular weight is 310 g/mol. The lowest BCUT2D eigenvalue weighted by molar-refractivity contribution is -0.428. The first kappa shape index (κ1) is 15.6. The van der Waals surface area contributed by atoms with Gasteiger partial charge >= 0.3 is 5.97 Å². The van der Waals surface area contributed by atoms with E-state index >= 15 is 0 Å². The van der Waals surface area contributed by atoms with Crippen molar-refractivity contribution in [2.75, 3.05) is 11.5 Å². The van der Waals surface area contributed by atoms with Gasteiger partial charge in [0, 0.05) is 6.08 Å². The molecule has 19 heavy (non-hydrogen) atoms. The predicted octanol–water partition coefficient (Wildman–Crippen LogP) is 0.974. The Hall–Kier alpha value is -1.41. The number of sulfone groups is 1. The van der Waals surface area contributed by atoms with Gasteiger partial charge in [0.25, 0.3) is 0 Å². The molecule has 7 nitrogen and oxygen atoms in total. The number of hydrogen-bond donors (Lipinski definition) is 1. The molecular formula is C10H12ClNO6S. The Morgan fingerprint density at radius 2 is 2.21 bits per heavy atom. The SMILES string of the molecule is O=C(O)CS(=O)(=O)CCC1(Cl)C=CC=C([N+](=O)[O-])C1. The fraction of sp³-hybridized carbons (Fsp3) is 0.500. The fourth-order valence-electron chi connectivity index (χ4n) is 1.63. The van der Waals surface area contributed by atoms with Crippen molar-refractivity contribution in [2.24, 2.45) is 0 Å². The highest BCUT2D eigenvalue weighted by atomic mass is 35.5. The molecule has 1 N–H and O–H groups in total. The van der Waals surface area contributed by atoms with Crippen LogP contribution in [-0.4, -0.2) is 40.8 Å². The Balaban J connectivity index is 2.68. The largest absolute Gasteiger partial charge is 0.480 e. The molecule has 106 valence electrons. The summed E-state index contributed by atoms with van der Waals surface area (Å²) in [6.07, 6.45) is 4.01. The third-order valence-corrected chi connectivity index (χ3v) is 4.53. The summed E-state index contributed by atoms with van der Waals surface area (Å²) in [6, 6.07) is 0. The molecule has 0 saturated carbocycles. The lowest BCUT2D eigenvalue weighted by Gasteiger charge is -2.23. The molecule has 0 spiro atoms. The zero-order valence-electron chi connectivity index (χ0n) is 9.78. The van der Waals surface area contributed by atoms with Gasteiger partial charge in [-0.25, -0.2) is 8.42 Å². The van der Waals surface area contributed by atoms with Crippen LogP contribution in [0.4, 0.5) is 0 Å². The van der Waals surface area contributed by atoms with Crippen LogP contribution >= 0.6 is 11.6 Å². The van der Waals surface area contributed by atoms with Crippen LogP contribution in [0.1, 0.15) is 12.8 Å². The zero-order valence-corrected chi connectivity index (χ0v) is 11.4. The number of carbonyl (C=O) groups is 1. The molecule has 1 rings (SSSR count). The first-order valence-electron chi connectivity index (χ1n) is 5.27. The van der Waals surface area contributed by atoms with Crippen molar-refractivity contribution >= 4 is 27.4 Å². The highest BCUT2D eigenvalue weighted by Gasteiger charge is 2.34. The zero-order chi connectivity index (χ0) is 14.7. The van der Waals surface area contributed by atoms with Crippen LogP contribution in [-0.2, 0) is 14.6 Å². The summed E-state index contributed by atoms with van der Waals surface area (Å²) in [4.78, 5) is 19.3. The lowest BCUT2D eigenvalue weighted by atomic mass is 9.95. The summed E-state index contributed by atoms with van der Waals surface area (Å²) in [6.45, 7) is 0.